The van der Waals surface area contributed by atoms with Crippen molar-refractivity contribution in [2.24, 2.45) is 0 Å². The number of fused-ring (bicyclic) bond motifs is 1. The Morgan fingerprint density at radius 2 is 1.97 bits per heavy atom. The van der Waals surface area contributed by atoms with Crippen molar-refractivity contribution < 1.29 is 22.8 Å². The highest BCUT2D eigenvalue weighted by Crippen LogP contribution is 2.25. The number of nitrogens with one attached hydrogen (secondary N) is 1. The third-order valence-electron chi connectivity index (χ3n) is 5.24. The van der Waals surface area contributed by atoms with Crippen LogP contribution in [0.15, 0.2) is 53.6 Å². The maximum atomic E-state index is 14.0. The number of hydrogen-bond donors (Lipinski definition) is 2. The Hall–Kier alpha value is -3.11. The van der Waals surface area contributed by atoms with Crippen LogP contribution in [-0.2, 0) is 21.2 Å². The van der Waals surface area contributed by atoms with Crippen LogP contribution in [0, 0.1) is 5.82 Å². The number of nitrogens with zero attached hydrogens (tertiary/aromatic N) is 2. The summed E-state index contributed by atoms with van der Waals surface area (Å²) >= 11 is 0. The quantitative estimate of drug-likeness (QED) is 0.453. The number of rotatable bonds is 6. The molecule has 0 aliphatic rings. The van der Waals surface area contributed by atoms with E-state index in [4.69, 9.17) is 5.21 Å². The Morgan fingerprint density at radius 1 is 1.27 bits per heavy atom. The number of sulfone groups is 1. The Bertz CT molecular complexity index is 1290. The van der Waals surface area contributed by atoms with E-state index in [0.717, 1.165) is 6.26 Å². The lowest BCUT2D eigenvalue weighted by Gasteiger charge is -2.25. The molecule has 2 aromatic carbocycles. The second-order valence-corrected chi connectivity index (χ2v) is 9.59. The SMILES string of the molecule is C[C@@](CCn1cnc2cc(-c3ccccc3F)ccc2c1=O)(C(=O)NO)S(C)(=O)=O. The van der Waals surface area contributed by atoms with Crippen molar-refractivity contribution in [2.45, 2.75) is 24.6 Å². The van der Waals surface area contributed by atoms with E-state index >= 15 is 0 Å². The summed E-state index contributed by atoms with van der Waals surface area (Å²) in [7, 11) is -3.88. The first-order chi connectivity index (χ1) is 14.1. The summed E-state index contributed by atoms with van der Waals surface area (Å²) in [6.45, 7) is 1.06. The van der Waals surface area contributed by atoms with E-state index in [9.17, 15) is 22.4 Å². The third kappa shape index (κ3) is 3.83. The minimum Gasteiger partial charge on any atom is -0.299 e. The fourth-order valence-electron chi connectivity index (χ4n) is 3.10. The second-order valence-electron chi connectivity index (χ2n) is 7.15. The maximum absolute atomic E-state index is 14.0. The molecule has 0 aliphatic carbocycles. The molecule has 2 N–H and O–H groups in total. The minimum absolute atomic E-state index is 0.117. The zero-order chi connectivity index (χ0) is 22.1. The summed E-state index contributed by atoms with van der Waals surface area (Å²) in [5.41, 5.74) is 2.24. The zero-order valence-electron chi connectivity index (χ0n) is 16.3. The number of carbonyl (C=O) groups excluding carboxylic acids is 1. The molecule has 3 rings (SSSR count). The predicted molar refractivity (Wildman–Crippen MR) is 109 cm³/mol. The van der Waals surface area contributed by atoms with Crippen molar-refractivity contribution in [3.63, 3.8) is 0 Å². The lowest BCUT2D eigenvalue weighted by molar-refractivity contribution is -0.131. The first-order valence-corrected chi connectivity index (χ1v) is 10.9. The van der Waals surface area contributed by atoms with E-state index < -0.39 is 31.9 Å². The Kier molecular flexibility index (Phi) is 5.73. The van der Waals surface area contributed by atoms with Crippen molar-refractivity contribution in [1.29, 1.82) is 0 Å². The van der Waals surface area contributed by atoms with Gasteiger partial charge < -0.3 is 0 Å². The summed E-state index contributed by atoms with van der Waals surface area (Å²) in [5, 5.41) is 9.16. The van der Waals surface area contributed by atoms with Gasteiger partial charge in [-0.25, -0.2) is 23.3 Å². The molecule has 1 heterocycles. The molecule has 10 heteroatoms. The molecule has 0 unspecified atom stereocenters. The number of hydroxylamine groups is 1. The Morgan fingerprint density at radius 3 is 2.60 bits per heavy atom. The minimum atomic E-state index is -3.88. The van der Waals surface area contributed by atoms with Gasteiger partial charge in [-0.3, -0.25) is 19.4 Å². The van der Waals surface area contributed by atoms with E-state index in [0.29, 0.717) is 16.6 Å². The van der Waals surface area contributed by atoms with Crippen LogP contribution in [0.5, 0.6) is 0 Å². The van der Waals surface area contributed by atoms with Crippen molar-refractivity contribution in [3.05, 3.63) is 65.0 Å². The highest BCUT2D eigenvalue weighted by molar-refractivity contribution is 7.92. The largest absolute Gasteiger partial charge is 0.299 e. The standard InChI is InChI=1S/C20H20FN3O5S/c1-20(19(26)23-27,30(2,28)29)9-10-24-12-22-17-11-13(7-8-15(17)18(24)25)14-5-3-4-6-16(14)21/h3-8,11-12,27H,9-10H2,1-2H3,(H,23,26)/t20-/m1/s1. The van der Waals surface area contributed by atoms with Crippen molar-refractivity contribution >= 4 is 26.6 Å². The summed E-state index contributed by atoms with van der Waals surface area (Å²) in [6.07, 6.45) is 1.88. The van der Waals surface area contributed by atoms with Gasteiger partial charge in [-0.1, -0.05) is 24.3 Å². The smallest absolute Gasteiger partial charge is 0.264 e. The van der Waals surface area contributed by atoms with Gasteiger partial charge in [0.15, 0.2) is 14.6 Å². The molecular formula is C20H20FN3O5S. The lowest BCUT2D eigenvalue weighted by atomic mass is 10.0. The lowest BCUT2D eigenvalue weighted by Crippen LogP contribution is -2.50. The van der Waals surface area contributed by atoms with Gasteiger partial charge in [0, 0.05) is 18.4 Å². The highest BCUT2D eigenvalue weighted by Gasteiger charge is 2.43. The number of aryl methyl sites for hydroxylation is 1. The maximum Gasteiger partial charge on any atom is 0.264 e. The molecule has 0 aliphatic heterocycles. The number of hydrogen-bond acceptors (Lipinski definition) is 6. The van der Waals surface area contributed by atoms with Crippen LogP contribution in [0.3, 0.4) is 0 Å². The molecule has 8 nitrogen and oxygen atoms in total. The van der Waals surface area contributed by atoms with Crippen LogP contribution in [0.25, 0.3) is 22.0 Å². The predicted octanol–water partition coefficient (Wildman–Crippen LogP) is 1.90. The molecule has 0 saturated carbocycles. The Balaban J connectivity index is 1.96. The average Bonchev–Trinajstić information content (AvgIpc) is 2.71. The van der Waals surface area contributed by atoms with Crippen molar-refractivity contribution in [3.8, 4) is 11.1 Å². The van der Waals surface area contributed by atoms with Crippen LogP contribution < -0.4 is 11.0 Å². The summed E-state index contributed by atoms with van der Waals surface area (Å²) in [6, 6.07) is 11.0. The number of benzene rings is 2. The summed E-state index contributed by atoms with van der Waals surface area (Å²) in [5.74, 6) is -1.48. The Labute approximate surface area is 171 Å². The average molecular weight is 433 g/mol. The highest BCUT2D eigenvalue weighted by atomic mass is 32.2. The molecular weight excluding hydrogens is 413 g/mol. The van der Waals surface area contributed by atoms with Crippen LogP contribution in [0.1, 0.15) is 13.3 Å². The zero-order valence-corrected chi connectivity index (χ0v) is 17.1. The van der Waals surface area contributed by atoms with Gasteiger partial charge >= 0.3 is 0 Å². The molecule has 0 spiro atoms. The van der Waals surface area contributed by atoms with E-state index in [2.05, 4.69) is 4.98 Å². The van der Waals surface area contributed by atoms with Gasteiger partial charge in [0.2, 0.25) is 0 Å². The first-order valence-electron chi connectivity index (χ1n) is 8.97. The normalized spacial score (nSPS) is 13.7. The number of aromatic nitrogens is 2. The van der Waals surface area contributed by atoms with Crippen molar-refractivity contribution in [2.75, 3.05) is 6.26 Å². The van der Waals surface area contributed by atoms with E-state index in [1.54, 1.807) is 30.3 Å². The van der Waals surface area contributed by atoms with E-state index in [1.165, 1.54) is 35.4 Å². The molecule has 30 heavy (non-hydrogen) atoms. The van der Waals surface area contributed by atoms with Gasteiger partial charge in [-0.15, -0.1) is 0 Å². The van der Waals surface area contributed by atoms with Crippen molar-refractivity contribution in [1.82, 2.24) is 15.0 Å². The van der Waals surface area contributed by atoms with Gasteiger partial charge in [-0.2, -0.15) is 0 Å². The number of halogens is 1. The monoisotopic (exact) mass is 433 g/mol. The summed E-state index contributed by atoms with van der Waals surface area (Å²) < 4.78 is 37.4. The molecule has 0 fully saturated rings. The second kappa shape index (κ2) is 7.96. The fourth-order valence-corrected chi connectivity index (χ4v) is 3.94. The van der Waals surface area contributed by atoms with Crippen LogP contribution >= 0.6 is 0 Å². The first kappa shape index (κ1) is 21.6. The van der Waals surface area contributed by atoms with E-state index in [1.807, 2.05) is 0 Å². The van der Waals surface area contributed by atoms with E-state index in [-0.39, 0.29) is 18.4 Å². The van der Waals surface area contributed by atoms with Crippen LogP contribution in [0.4, 0.5) is 4.39 Å². The number of amides is 1. The van der Waals surface area contributed by atoms with Crippen LogP contribution in [0.2, 0.25) is 0 Å². The molecule has 0 radical (unpaired) electrons. The van der Waals surface area contributed by atoms with Gasteiger partial charge in [0.1, 0.15) is 5.82 Å². The topological polar surface area (TPSA) is 118 Å². The summed E-state index contributed by atoms with van der Waals surface area (Å²) in [4.78, 5) is 29.0. The fraction of sp³-hybridized carbons (Fsp3) is 0.250. The molecule has 1 atom stereocenters. The number of carbonyl (C=O) groups is 1. The molecule has 158 valence electrons. The molecule has 1 aromatic heterocycles. The molecule has 0 saturated heterocycles. The molecule has 1 amide bonds. The van der Waals surface area contributed by atoms with Gasteiger partial charge in [-0.05, 0) is 37.1 Å². The van der Waals surface area contributed by atoms with Gasteiger partial charge in [0.05, 0.1) is 17.2 Å². The van der Waals surface area contributed by atoms with Crippen LogP contribution in [-0.4, -0.2) is 40.1 Å². The molecule has 3 aromatic rings. The third-order valence-corrected chi connectivity index (χ3v) is 7.27. The van der Waals surface area contributed by atoms with Gasteiger partial charge in [0.25, 0.3) is 11.5 Å². The molecule has 0 bridgehead atoms.